The van der Waals surface area contributed by atoms with Gasteiger partial charge >= 0.3 is 53.8 Å². The molecule has 1 rings (SSSR count). The molecule has 0 bridgehead atoms. The maximum Gasteiger partial charge on any atom is 0.533 e. The largest absolute Gasteiger partial charge is 0.533 e. The van der Waals surface area contributed by atoms with Crippen LogP contribution in [0.3, 0.4) is 0 Å². The fourth-order valence-electron chi connectivity index (χ4n) is 2.37. The highest BCUT2D eigenvalue weighted by Crippen LogP contribution is 2.64. The highest BCUT2D eigenvalue weighted by molar-refractivity contribution is 6.01. The van der Waals surface area contributed by atoms with E-state index in [9.17, 15) is 89.0 Å². The molecule has 1 aliphatic rings. The molecular formula is C15H8F17NO5. The van der Waals surface area contributed by atoms with Crippen LogP contribution >= 0.6 is 0 Å². The molecule has 0 unspecified atom stereocenters. The number of amides is 2. The second-order valence-electron chi connectivity index (χ2n) is 7.17. The van der Waals surface area contributed by atoms with E-state index in [-0.39, 0.29) is 5.06 Å². The number of hydrogen-bond acceptors (Lipinski definition) is 5. The average molecular weight is 605 g/mol. The van der Waals surface area contributed by atoms with Gasteiger partial charge in [-0.1, -0.05) is 5.06 Å². The lowest BCUT2D eigenvalue weighted by atomic mass is 9.88. The second kappa shape index (κ2) is 9.45. The zero-order valence-corrected chi connectivity index (χ0v) is 17.2. The zero-order chi connectivity index (χ0) is 30.6. The molecule has 1 fully saturated rings. The highest BCUT2D eigenvalue weighted by atomic mass is 19.4. The van der Waals surface area contributed by atoms with Crippen molar-refractivity contribution in [2.24, 2.45) is 0 Å². The van der Waals surface area contributed by atoms with Gasteiger partial charge in [0.25, 0.3) is 11.8 Å². The van der Waals surface area contributed by atoms with Gasteiger partial charge in [0, 0.05) is 12.8 Å². The quantitative estimate of drug-likeness (QED) is 0.184. The summed E-state index contributed by atoms with van der Waals surface area (Å²) in [5.41, 5.74) is 0. The first-order valence-electron chi connectivity index (χ1n) is 8.96. The van der Waals surface area contributed by atoms with Gasteiger partial charge in [0.2, 0.25) is 0 Å². The molecular weight excluding hydrogens is 597 g/mol. The van der Waals surface area contributed by atoms with Crippen LogP contribution in [0.15, 0.2) is 0 Å². The molecule has 0 N–H and O–H groups in total. The zero-order valence-electron chi connectivity index (χ0n) is 17.2. The number of rotatable bonds is 10. The van der Waals surface area contributed by atoms with E-state index < -0.39 is 91.5 Å². The van der Waals surface area contributed by atoms with Crippen LogP contribution < -0.4 is 0 Å². The van der Waals surface area contributed by atoms with Crippen LogP contribution in [-0.2, 0) is 19.2 Å². The van der Waals surface area contributed by atoms with E-state index in [0.717, 1.165) is 0 Å². The van der Waals surface area contributed by atoms with E-state index in [1.807, 2.05) is 0 Å². The lowest BCUT2D eigenvalue weighted by Gasteiger charge is -2.42. The topological polar surface area (TPSA) is 72.9 Å². The summed E-state index contributed by atoms with van der Waals surface area (Å²) in [6.07, 6.45) is -14.3. The molecule has 1 saturated heterocycles. The van der Waals surface area contributed by atoms with Crippen molar-refractivity contribution >= 4 is 18.0 Å². The van der Waals surface area contributed by atoms with E-state index in [4.69, 9.17) is 0 Å². The van der Waals surface area contributed by atoms with Crippen molar-refractivity contribution in [1.29, 1.82) is 0 Å². The molecule has 0 aromatic rings. The molecule has 1 aliphatic heterocycles. The number of carbonyl (C=O) groups is 3. The summed E-state index contributed by atoms with van der Waals surface area (Å²) in [4.78, 5) is 37.3. The molecule has 2 amide bonds. The Morgan fingerprint density at radius 2 is 0.947 bits per heavy atom. The smallest absolute Gasteiger partial charge is 0.432 e. The van der Waals surface area contributed by atoms with E-state index in [1.165, 1.54) is 0 Å². The number of hydroxylamine groups is 2. The Morgan fingerprint density at radius 1 is 0.605 bits per heavy atom. The molecule has 38 heavy (non-hydrogen) atoms. The van der Waals surface area contributed by atoms with Gasteiger partial charge < -0.3 is 4.74 Å². The predicted molar refractivity (Wildman–Crippen MR) is 78.8 cm³/mol. The Bertz CT molecular complexity index is 929. The van der Waals surface area contributed by atoms with Crippen molar-refractivity contribution in [2.45, 2.75) is 66.9 Å². The molecule has 0 spiro atoms. The number of ether oxygens (including phenoxy) is 1. The first-order chi connectivity index (χ1) is 16.5. The maximum atomic E-state index is 13.6. The van der Waals surface area contributed by atoms with E-state index in [0.29, 0.717) is 0 Å². The van der Waals surface area contributed by atoms with Gasteiger partial charge in [-0.25, -0.2) is 4.79 Å². The number of nitrogens with zero attached hydrogens (tertiary/aromatic N) is 1. The Labute approximate surface area is 196 Å². The Kier molecular flexibility index (Phi) is 8.27. The van der Waals surface area contributed by atoms with Crippen molar-refractivity contribution in [3.05, 3.63) is 0 Å². The van der Waals surface area contributed by atoms with Crippen molar-refractivity contribution in [2.75, 3.05) is 6.61 Å². The molecule has 6 nitrogen and oxygen atoms in total. The number of halogens is 17. The minimum atomic E-state index is -8.75. The summed E-state index contributed by atoms with van der Waals surface area (Å²) >= 11 is 0. The molecule has 222 valence electrons. The minimum absolute atomic E-state index is 0.331. The molecule has 0 aliphatic carbocycles. The van der Waals surface area contributed by atoms with Crippen molar-refractivity contribution in [1.82, 2.24) is 5.06 Å². The van der Waals surface area contributed by atoms with Crippen LogP contribution in [-0.4, -0.2) is 77.3 Å². The predicted octanol–water partition coefficient (Wildman–Crippen LogP) is 5.60. The third-order valence-electron chi connectivity index (χ3n) is 4.59. The van der Waals surface area contributed by atoms with E-state index in [1.54, 1.807) is 0 Å². The molecule has 0 atom stereocenters. The van der Waals surface area contributed by atoms with Crippen LogP contribution in [0.4, 0.5) is 79.4 Å². The standard InChI is InChI=1S/C15H8F17NO5/c16-8(17,3-4-37-7(36)38-33-5(34)1-2-6(33)35)9(18,19)10(20,21)11(22,23)12(24,25)13(26,27)14(28,29)15(30,31)32/h1-4H2. The summed E-state index contributed by atoms with van der Waals surface area (Å²) in [5, 5.41) is -0.331. The fourth-order valence-corrected chi connectivity index (χ4v) is 2.37. The highest BCUT2D eigenvalue weighted by Gasteiger charge is 2.95. The SMILES string of the molecule is O=C(OCCC(F)(F)C(F)(F)C(F)(F)C(F)(F)C(F)(F)C(F)(F)C(F)(F)C(F)(F)F)ON1C(=O)CCC1=O. The average Bonchev–Trinajstić information content (AvgIpc) is 3.03. The first-order valence-corrected chi connectivity index (χ1v) is 8.96. The van der Waals surface area contributed by atoms with E-state index >= 15 is 0 Å². The van der Waals surface area contributed by atoms with Crippen LogP contribution in [0.2, 0.25) is 0 Å². The third kappa shape index (κ3) is 4.86. The van der Waals surface area contributed by atoms with E-state index in [2.05, 4.69) is 9.57 Å². The van der Waals surface area contributed by atoms with Crippen molar-refractivity contribution in [3.63, 3.8) is 0 Å². The summed E-state index contributed by atoms with van der Waals surface area (Å²) in [5.74, 6) is -60.0. The fraction of sp³-hybridized carbons (Fsp3) is 0.800. The van der Waals surface area contributed by atoms with Crippen LogP contribution in [0, 0.1) is 0 Å². The summed E-state index contributed by atoms with van der Waals surface area (Å²) in [6.45, 7) is -2.28. The van der Waals surface area contributed by atoms with Crippen LogP contribution in [0.25, 0.3) is 0 Å². The first kappa shape index (κ1) is 33.2. The van der Waals surface area contributed by atoms with Crippen molar-refractivity contribution in [3.8, 4) is 0 Å². The Balaban J connectivity index is 3.19. The van der Waals surface area contributed by atoms with Crippen LogP contribution in [0.1, 0.15) is 19.3 Å². The number of imide groups is 1. The van der Waals surface area contributed by atoms with Gasteiger partial charge in [0.05, 0.1) is 6.42 Å². The van der Waals surface area contributed by atoms with Gasteiger partial charge in [-0.15, -0.1) is 0 Å². The van der Waals surface area contributed by atoms with Gasteiger partial charge in [-0.05, 0) is 0 Å². The Morgan fingerprint density at radius 3 is 1.32 bits per heavy atom. The van der Waals surface area contributed by atoms with Gasteiger partial charge in [-0.2, -0.15) is 74.6 Å². The molecule has 1 heterocycles. The molecule has 0 aromatic carbocycles. The van der Waals surface area contributed by atoms with Gasteiger partial charge in [-0.3, -0.25) is 14.4 Å². The molecule has 0 radical (unpaired) electrons. The lowest BCUT2D eigenvalue weighted by molar-refractivity contribution is -0.461. The molecule has 0 saturated carbocycles. The normalized spacial score (nSPS) is 17.2. The Hall–Kier alpha value is -2.78. The summed E-state index contributed by atoms with van der Waals surface area (Å²) in [7, 11) is 0. The monoisotopic (exact) mass is 605 g/mol. The minimum Gasteiger partial charge on any atom is -0.432 e. The summed E-state index contributed by atoms with van der Waals surface area (Å²) in [6, 6.07) is 0. The van der Waals surface area contributed by atoms with Gasteiger partial charge in [0.15, 0.2) is 0 Å². The second-order valence-corrected chi connectivity index (χ2v) is 7.17. The third-order valence-corrected chi connectivity index (χ3v) is 4.59. The molecule has 23 heteroatoms. The molecule has 0 aromatic heterocycles. The van der Waals surface area contributed by atoms with Crippen molar-refractivity contribution < 1.29 is 98.6 Å². The number of carbonyl (C=O) groups excluding carboxylic acids is 3. The van der Waals surface area contributed by atoms with Gasteiger partial charge in [0.1, 0.15) is 6.61 Å². The number of alkyl halides is 17. The van der Waals surface area contributed by atoms with Crippen LogP contribution in [0.5, 0.6) is 0 Å². The summed E-state index contributed by atoms with van der Waals surface area (Å²) < 4.78 is 227. The maximum absolute atomic E-state index is 13.6. The lowest BCUT2D eigenvalue weighted by Crippen LogP contribution is -2.74. The number of hydrogen-bond donors (Lipinski definition) is 0.